The molecule has 59 heteroatoms. The first-order valence-corrected chi connectivity index (χ1v) is 53.1. The van der Waals surface area contributed by atoms with Crippen molar-refractivity contribution >= 4 is 161 Å². The highest BCUT2D eigenvalue weighted by Gasteiger charge is 2.48. The number of fused-ring (bicyclic) bond motifs is 4. The second kappa shape index (κ2) is 42.9. The van der Waals surface area contributed by atoms with Crippen molar-refractivity contribution in [1.29, 1.82) is 0 Å². The number of rotatable bonds is 35. The van der Waals surface area contributed by atoms with Crippen LogP contribution in [0.2, 0.25) is 0 Å². The summed E-state index contributed by atoms with van der Waals surface area (Å²) >= 11 is 3.50. The summed E-state index contributed by atoms with van der Waals surface area (Å²) in [4.78, 5) is 114. The smallest absolute Gasteiger partial charge is 0.410 e. The van der Waals surface area contributed by atoms with Gasteiger partial charge in [-0.15, -0.1) is 85.8 Å². The van der Waals surface area contributed by atoms with Crippen LogP contribution in [0.1, 0.15) is 171 Å². The normalized spacial score (nSPS) is 20.1. The molecule has 0 spiro atoms. The van der Waals surface area contributed by atoms with E-state index in [-0.39, 0.29) is 177 Å². The summed E-state index contributed by atoms with van der Waals surface area (Å²) in [6.07, 6.45) is 0.669. The first kappa shape index (κ1) is 103. The maximum absolute atomic E-state index is 13.0. The number of hydrogen-bond acceptors (Lipinski definition) is 39. The van der Waals surface area contributed by atoms with Gasteiger partial charge in [-0.25, -0.2) is 97.5 Å². The van der Waals surface area contributed by atoms with Crippen LogP contribution in [0.3, 0.4) is 0 Å². The molecule has 4 aromatic heterocycles. The molecule has 1 aromatic carbocycles. The van der Waals surface area contributed by atoms with Gasteiger partial charge in [0.1, 0.15) is 53.5 Å². The number of nitrogens with two attached hydrogens (primary N) is 4. The number of hydrogen-bond donors (Lipinski definition) is 4. The lowest BCUT2D eigenvalue weighted by Gasteiger charge is -2.36. The van der Waals surface area contributed by atoms with Gasteiger partial charge in [0.15, 0.2) is 39.3 Å². The average molecular weight is 1980 g/mol. The van der Waals surface area contributed by atoms with Crippen LogP contribution in [0.25, 0.3) is 0 Å². The second-order valence-electron chi connectivity index (χ2n) is 27.1. The van der Waals surface area contributed by atoms with Crippen molar-refractivity contribution in [3.63, 3.8) is 0 Å². The van der Waals surface area contributed by atoms with Gasteiger partial charge < -0.3 is 48.4 Å². The SMILES string of the molecule is CCN(C(=O)CCCCCO[N+](=O)[O-])[C@H]1CC(C)S(=O)(=O)c2sc(S(N)(=O)=O)cc21.CCN(C(=O)CSCCO[N+](=O)[O-])[C@H]1CC(C)S(=O)(=O)c2sc(S(N)(=O)=O)cc21.CCN(C(=O)OCCCO[N+](=O)[O-])[C@H]1CC(C)S(=O)(=O)c2sc(S(N)(=O)=O)cc21.CCN(C(=O)OCc1ccccc1CO[N+](=O)[O-])[C@H]1CC(C)S(=O)(=O)c2sc(S(N)(=O)=O)cc21. The Morgan fingerprint density at radius 1 is 0.426 bits per heavy atom. The molecule has 0 saturated heterocycles. The van der Waals surface area contributed by atoms with Gasteiger partial charge in [-0.05, 0) is 129 Å². The number of sulfonamides is 4. The summed E-state index contributed by atoms with van der Waals surface area (Å²) in [7, 11) is -31.4. The monoisotopic (exact) mass is 1970 g/mol. The lowest BCUT2D eigenvalue weighted by Crippen LogP contribution is -2.41. The Kier molecular flexibility index (Phi) is 36.1. The third-order valence-electron chi connectivity index (χ3n) is 19.1. The van der Waals surface area contributed by atoms with Crippen LogP contribution in [0.5, 0.6) is 0 Å². The number of thiophene rings is 4. The quantitative estimate of drug-likeness (QED) is 0.0210. The molecular formula is C63H90N12O34S13. The molecule has 4 aliphatic rings. The van der Waals surface area contributed by atoms with Crippen molar-refractivity contribution in [3.8, 4) is 0 Å². The van der Waals surface area contributed by atoms with Crippen molar-refractivity contribution in [1.82, 2.24) is 19.6 Å². The highest BCUT2D eigenvalue weighted by atomic mass is 32.3. The maximum Gasteiger partial charge on any atom is 0.410 e. The fraction of sp³-hybridized carbons (Fsp3) is 0.587. The third kappa shape index (κ3) is 26.1. The number of primary sulfonamides is 4. The molecule has 4 amide bonds. The molecule has 8 N–H and O–H groups in total. The van der Waals surface area contributed by atoms with E-state index in [2.05, 4.69) is 19.4 Å². The van der Waals surface area contributed by atoms with Crippen LogP contribution in [0.4, 0.5) is 9.59 Å². The molecule has 0 fully saturated rings. The van der Waals surface area contributed by atoms with Gasteiger partial charge in [-0.1, -0.05) is 30.7 Å². The lowest BCUT2D eigenvalue weighted by molar-refractivity contribution is -0.763. The van der Waals surface area contributed by atoms with Crippen molar-refractivity contribution in [2.75, 3.05) is 64.1 Å². The van der Waals surface area contributed by atoms with Gasteiger partial charge in [0.2, 0.25) is 51.9 Å². The lowest BCUT2D eigenvalue weighted by atomic mass is 10.0. The summed E-state index contributed by atoms with van der Waals surface area (Å²) in [6.45, 7) is 12.7. The Balaban J connectivity index is 0.000000252. The standard InChI is InChI=1S/C19H23N3O9S3.C16H25N3O8S3.C14H21N3O9S3.C14H21N3O8S4/c1-3-21(19(23)30-10-13-6-4-5-7-14(13)11-31-22(24)25)16-8-12(2)33(26,27)18-15(16)9-17(32-18)34(20,28)29;1-3-18(14(20)7-5-4-6-8-27-19(21)22)13-9-11(2)29(23,24)16-12(13)10-15(28-16)30(17,25)26;1-3-16(14(18)25-5-4-6-26-17(19)20)11-7-9(2)28(21,22)13-10(11)8-12(27-13)29(15,23)24;1-3-16(12(18)8-26-5-4-25-17(19)20)11-6-9(2)28(21,22)14-10(11)7-13(27-14)29(15,23)24/h4-7,9,12,16H,3,8,10-11H2,1-2H3,(H2,20,28,29);10-11,13H,3-9H2,1-2H3,(H2,17,25,26);8-9,11H,3-7H2,1-2H3,(H2,15,23,24);7,9,11H,3-6,8H2,1-2H3,(H2,15,23,24)/t12?,16-;11?,13-;2*9?,11-/m0000/s1. The van der Waals surface area contributed by atoms with Gasteiger partial charge in [0.05, 0.1) is 70.7 Å². The maximum atomic E-state index is 13.0. The Hall–Kier alpha value is -7.91. The number of nitrogens with zero attached hydrogens (tertiary/aromatic N) is 8. The van der Waals surface area contributed by atoms with Crippen LogP contribution >= 0.6 is 57.1 Å². The Morgan fingerprint density at radius 2 is 0.730 bits per heavy atom. The van der Waals surface area contributed by atoms with E-state index >= 15 is 0 Å². The zero-order valence-electron chi connectivity index (χ0n) is 66.2. The fourth-order valence-electron chi connectivity index (χ4n) is 13.0. The zero-order chi connectivity index (χ0) is 91.9. The van der Waals surface area contributed by atoms with E-state index in [9.17, 15) is 127 Å². The number of carbonyl (C=O) groups is 4. The molecule has 0 saturated carbocycles. The van der Waals surface area contributed by atoms with Crippen LogP contribution in [-0.2, 0) is 131 Å². The van der Waals surface area contributed by atoms with Gasteiger partial charge in [-0.2, -0.15) is 11.8 Å². The highest BCUT2D eigenvalue weighted by Crippen LogP contribution is 2.50. The first-order valence-electron chi connectivity index (χ1n) is 36.3. The number of thioether (sulfide) groups is 1. The minimum atomic E-state index is -4.14. The number of carbonyl (C=O) groups excluding carboxylic acids is 4. The van der Waals surface area contributed by atoms with Crippen molar-refractivity contribution < 1.29 is 136 Å². The molecule has 46 nitrogen and oxygen atoms in total. The molecule has 9 rings (SSSR count). The molecule has 684 valence electrons. The summed E-state index contributed by atoms with van der Waals surface area (Å²) < 4.78 is 205. The van der Waals surface area contributed by atoms with E-state index in [1.165, 1.54) is 66.7 Å². The van der Waals surface area contributed by atoms with Gasteiger partial charge in [0, 0.05) is 67.0 Å². The van der Waals surface area contributed by atoms with E-state index in [1.54, 1.807) is 56.9 Å². The molecule has 0 radical (unpaired) electrons. The molecule has 5 aromatic rings. The largest absolute Gasteiger partial charge is 0.449 e. The highest BCUT2D eigenvalue weighted by molar-refractivity contribution is 8.00. The molecule has 0 bridgehead atoms. The predicted octanol–water partition coefficient (Wildman–Crippen LogP) is 5.84. The molecule has 8 atom stereocenters. The number of benzene rings is 1. The summed E-state index contributed by atoms with van der Waals surface area (Å²) in [5.41, 5.74) is 1.88. The van der Waals surface area contributed by atoms with Gasteiger partial charge in [0.25, 0.3) is 20.3 Å². The molecule has 122 heavy (non-hydrogen) atoms. The molecule has 4 aliphatic heterocycles. The van der Waals surface area contributed by atoms with Crippen molar-refractivity contribution in [2.45, 2.75) is 205 Å². The molecular weight excluding hydrogens is 1890 g/mol. The minimum absolute atomic E-state index is 0.0219. The van der Waals surface area contributed by atoms with E-state index in [4.69, 9.17) is 30.0 Å². The fourth-order valence-corrected chi connectivity index (χ4v) is 31.3. The van der Waals surface area contributed by atoms with Gasteiger partial charge in [-0.3, -0.25) is 9.59 Å². The van der Waals surface area contributed by atoms with Crippen molar-refractivity contribution in [3.05, 3.63) is 122 Å². The first-order chi connectivity index (χ1) is 56.5. The Bertz CT molecular complexity index is 5490. The second-order valence-corrected chi connectivity index (χ2v) is 49.8. The Morgan fingerprint density at radius 3 is 1.06 bits per heavy atom. The minimum Gasteiger partial charge on any atom is -0.449 e. The van der Waals surface area contributed by atoms with E-state index in [0.717, 1.165) is 11.8 Å². The predicted molar refractivity (Wildman–Crippen MR) is 437 cm³/mol. The van der Waals surface area contributed by atoms with Crippen LogP contribution in [0, 0.1) is 40.5 Å². The molecule has 0 aliphatic carbocycles. The summed E-state index contributed by atoms with van der Waals surface area (Å²) in [6, 6.07) is 8.80. The van der Waals surface area contributed by atoms with Crippen LogP contribution in [-0.4, -0.2) is 216 Å². The summed E-state index contributed by atoms with van der Waals surface area (Å²) in [5.74, 6) is -0.226. The average Bonchev–Trinajstić information content (AvgIpc) is 1.60. The number of sulfone groups is 4. The Labute approximate surface area is 722 Å². The van der Waals surface area contributed by atoms with Crippen LogP contribution in [0.15, 0.2) is 82.2 Å². The number of amides is 4. The van der Waals surface area contributed by atoms with Gasteiger partial charge >= 0.3 is 12.2 Å². The topological polar surface area (TPSA) is 686 Å². The summed E-state index contributed by atoms with van der Waals surface area (Å²) in [5, 5.41) is 54.6. The molecule has 8 heterocycles. The number of ether oxygens (including phenoxy) is 2. The van der Waals surface area contributed by atoms with Crippen LogP contribution < -0.4 is 20.6 Å². The van der Waals surface area contributed by atoms with E-state index in [1.807, 2.05) is 0 Å². The van der Waals surface area contributed by atoms with E-state index < -0.39 is 157 Å². The molecule has 4 unspecified atom stereocenters. The van der Waals surface area contributed by atoms with Crippen molar-refractivity contribution in [2.24, 2.45) is 20.6 Å². The third-order valence-corrected chi connectivity index (χ3v) is 41.3. The number of unbranched alkanes of at least 4 members (excludes halogenated alkanes) is 2. The van der Waals surface area contributed by atoms with E-state index in [0.29, 0.717) is 82.3 Å². The zero-order valence-corrected chi connectivity index (χ0v) is 76.8.